The van der Waals surface area contributed by atoms with Crippen molar-refractivity contribution in [2.45, 2.75) is 38.5 Å². The van der Waals surface area contributed by atoms with Gasteiger partial charge in [-0.3, -0.25) is 9.59 Å². The Morgan fingerprint density at radius 3 is 1.95 bits per heavy atom. The van der Waals surface area contributed by atoms with E-state index < -0.39 is 5.97 Å². The molecule has 41 heavy (non-hydrogen) atoms. The lowest BCUT2D eigenvalue weighted by Crippen LogP contribution is -2.14. The molecule has 0 bridgehead atoms. The highest BCUT2D eigenvalue weighted by molar-refractivity contribution is 7.13. The number of nitrogen functional groups attached to an aromatic ring is 1. The Hall–Kier alpha value is -3.64. The van der Waals surface area contributed by atoms with Gasteiger partial charge in [-0.05, 0) is 116 Å². The van der Waals surface area contributed by atoms with Crippen molar-refractivity contribution in [1.82, 2.24) is 8.75 Å². The van der Waals surface area contributed by atoms with Crippen molar-refractivity contribution in [1.29, 1.82) is 0 Å². The summed E-state index contributed by atoms with van der Waals surface area (Å²) in [5.41, 5.74) is 9.55. The van der Waals surface area contributed by atoms with E-state index in [0.29, 0.717) is 6.42 Å². The van der Waals surface area contributed by atoms with Crippen LogP contribution in [0.5, 0.6) is 0 Å². The van der Waals surface area contributed by atoms with E-state index >= 15 is 0 Å². The maximum absolute atomic E-state index is 12.1. The first-order valence-electron chi connectivity index (χ1n) is 12.8. The van der Waals surface area contributed by atoms with Crippen LogP contribution in [0.15, 0.2) is 82.4 Å². The SMILES string of the molecule is CC(CC(=O)Nc1ccc2cnsc2c1)c1ccsc1.CC(CC(=O)O)c1ccsc1.Nc1ccc2cnsc2c1. The van der Waals surface area contributed by atoms with Crippen molar-refractivity contribution in [2.75, 3.05) is 11.1 Å². The number of anilines is 2. The minimum Gasteiger partial charge on any atom is -0.481 e. The van der Waals surface area contributed by atoms with E-state index in [1.165, 1.54) is 34.0 Å². The van der Waals surface area contributed by atoms with Gasteiger partial charge in [-0.2, -0.15) is 31.4 Å². The Morgan fingerprint density at radius 2 is 1.39 bits per heavy atom. The van der Waals surface area contributed by atoms with Crippen LogP contribution in [-0.4, -0.2) is 25.7 Å². The average Bonchev–Trinajstić information content (AvgIpc) is 3.75. The number of nitrogens with two attached hydrogens (primary N) is 1. The van der Waals surface area contributed by atoms with E-state index in [0.717, 1.165) is 31.7 Å². The standard InChI is InChI=1S/C15H14N2OS2.C8H10O2S.C7H6N2S/c1-10(12-4-5-19-9-12)6-15(18)17-13-3-2-11-8-16-20-14(11)7-13;1-6(4-8(9)10)7-2-3-11-5-7;8-6-2-1-5-4-9-10-7(5)3-6/h2-5,7-10H,6H2,1H3,(H,17,18);2-3,5-6H,4H2,1H3,(H,9,10);1-4H,8H2. The quantitative estimate of drug-likeness (QED) is 0.153. The van der Waals surface area contributed by atoms with Crippen LogP contribution in [-0.2, 0) is 9.59 Å². The summed E-state index contributed by atoms with van der Waals surface area (Å²) >= 11 is 6.18. The molecule has 0 fully saturated rings. The Bertz CT molecular complexity index is 1680. The summed E-state index contributed by atoms with van der Waals surface area (Å²) < 4.78 is 10.4. The zero-order valence-corrected chi connectivity index (χ0v) is 25.8. The van der Waals surface area contributed by atoms with Crippen LogP contribution in [0.1, 0.15) is 49.7 Å². The molecule has 0 radical (unpaired) electrons. The number of aromatic nitrogens is 2. The molecule has 0 saturated carbocycles. The van der Waals surface area contributed by atoms with E-state index in [9.17, 15) is 9.59 Å². The number of thiophene rings is 2. The van der Waals surface area contributed by atoms with Crippen molar-refractivity contribution in [3.8, 4) is 0 Å². The first kappa shape index (κ1) is 30.3. The van der Waals surface area contributed by atoms with Gasteiger partial charge in [0.2, 0.25) is 5.91 Å². The van der Waals surface area contributed by atoms with Gasteiger partial charge in [0.15, 0.2) is 0 Å². The summed E-state index contributed by atoms with van der Waals surface area (Å²) in [5.74, 6) is -0.302. The van der Waals surface area contributed by atoms with Gasteiger partial charge in [0, 0.05) is 41.0 Å². The second kappa shape index (κ2) is 14.8. The number of carbonyl (C=O) groups excluding carboxylic acids is 1. The summed E-state index contributed by atoms with van der Waals surface area (Å²) in [7, 11) is 0. The fourth-order valence-corrected chi connectivity index (χ4v) is 6.86. The molecule has 6 rings (SSSR count). The molecule has 11 heteroatoms. The van der Waals surface area contributed by atoms with Gasteiger partial charge in [0.1, 0.15) is 0 Å². The number of nitrogens with zero attached hydrogens (tertiary/aromatic N) is 2. The van der Waals surface area contributed by atoms with Gasteiger partial charge >= 0.3 is 5.97 Å². The number of hydrogen-bond donors (Lipinski definition) is 3. The molecule has 2 aromatic carbocycles. The minimum atomic E-state index is -0.733. The van der Waals surface area contributed by atoms with E-state index in [4.69, 9.17) is 10.8 Å². The van der Waals surface area contributed by atoms with Crippen LogP contribution < -0.4 is 11.1 Å². The highest BCUT2D eigenvalue weighted by atomic mass is 32.1. The van der Waals surface area contributed by atoms with Crippen LogP contribution in [0.4, 0.5) is 11.4 Å². The fourth-order valence-electron chi connectivity index (χ4n) is 3.91. The van der Waals surface area contributed by atoms with Gasteiger partial charge in [-0.1, -0.05) is 13.8 Å². The smallest absolute Gasteiger partial charge is 0.303 e. The van der Waals surface area contributed by atoms with Gasteiger partial charge in [-0.25, -0.2) is 0 Å². The maximum Gasteiger partial charge on any atom is 0.303 e. The number of carbonyl (C=O) groups is 2. The van der Waals surface area contributed by atoms with Gasteiger partial charge in [0.25, 0.3) is 0 Å². The van der Waals surface area contributed by atoms with Gasteiger partial charge in [-0.15, -0.1) is 0 Å². The second-order valence-electron chi connectivity index (χ2n) is 9.47. The molecular formula is C30H30N4O3S4. The molecule has 4 N–H and O–H groups in total. The monoisotopic (exact) mass is 622 g/mol. The van der Waals surface area contributed by atoms with Gasteiger partial charge in [0.05, 0.1) is 15.8 Å². The molecule has 212 valence electrons. The molecule has 6 aromatic rings. The van der Waals surface area contributed by atoms with Crippen LogP contribution in [0.3, 0.4) is 0 Å². The number of amides is 1. The van der Waals surface area contributed by atoms with Crippen molar-refractivity contribution in [3.63, 3.8) is 0 Å². The van der Waals surface area contributed by atoms with E-state index in [1.807, 2.05) is 77.9 Å². The number of aliphatic carboxylic acids is 1. The summed E-state index contributed by atoms with van der Waals surface area (Å²) in [6, 6.07) is 15.7. The fraction of sp³-hybridized carbons (Fsp3) is 0.200. The average molecular weight is 623 g/mol. The molecule has 2 unspecified atom stereocenters. The lowest BCUT2D eigenvalue weighted by atomic mass is 10.0. The van der Waals surface area contributed by atoms with E-state index in [2.05, 4.69) is 32.4 Å². The van der Waals surface area contributed by atoms with Crippen LogP contribution in [0, 0.1) is 0 Å². The Kier molecular flexibility index (Phi) is 11.0. The summed E-state index contributed by atoms with van der Waals surface area (Å²) in [5, 5.41) is 21.8. The molecule has 4 aromatic heterocycles. The van der Waals surface area contributed by atoms with Crippen LogP contribution in [0.2, 0.25) is 0 Å². The molecule has 0 spiro atoms. The lowest BCUT2D eigenvalue weighted by molar-refractivity contribution is -0.137. The van der Waals surface area contributed by atoms with Crippen molar-refractivity contribution < 1.29 is 14.7 Å². The number of rotatable bonds is 7. The van der Waals surface area contributed by atoms with Crippen molar-refractivity contribution in [2.24, 2.45) is 0 Å². The largest absolute Gasteiger partial charge is 0.481 e. The third-order valence-corrected chi connectivity index (χ3v) is 9.14. The third-order valence-electron chi connectivity index (χ3n) is 6.22. The second-order valence-corrected chi connectivity index (χ2v) is 12.7. The normalized spacial score (nSPS) is 12.0. The molecule has 0 aliphatic carbocycles. The molecule has 7 nitrogen and oxygen atoms in total. The summed E-state index contributed by atoms with van der Waals surface area (Å²) in [6.45, 7) is 4.00. The van der Waals surface area contributed by atoms with E-state index in [1.54, 1.807) is 22.7 Å². The molecule has 2 atom stereocenters. The lowest BCUT2D eigenvalue weighted by Gasteiger charge is -2.10. The number of carboxylic acids is 1. The van der Waals surface area contributed by atoms with Crippen LogP contribution in [0.25, 0.3) is 20.2 Å². The topological polar surface area (TPSA) is 118 Å². The highest BCUT2D eigenvalue weighted by Gasteiger charge is 2.12. The molecule has 0 saturated heterocycles. The Morgan fingerprint density at radius 1 is 0.829 bits per heavy atom. The number of nitrogens with one attached hydrogen (secondary N) is 1. The first-order chi connectivity index (χ1) is 19.8. The molecule has 0 aliphatic heterocycles. The number of benzene rings is 2. The predicted molar refractivity (Wildman–Crippen MR) is 175 cm³/mol. The van der Waals surface area contributed by atoms with Gasteiger partial charge < -0.3 is 16.2 Å². The predicted octanol–water partition coefficient (Wildman–Crippen LogP) is 8.69. The highest BCUT2D eigenvalue weighted by Crippen LogP contribution is 2.25. The van der Waals surface area contributed by atoms with Crippen molar-refractivity contribution in [3.05, 3.63) is 93.6 Å². The first-order valence-corrected chi connectivity index (χ1v) is 16.2. The zero-order valence-electron chi connectivity index (χ0n) is 22.5. The van der Waals surface area contributed by atoms with Crippen LogP contribution >= 0.6 is 45.7 Å². The number of fused-ring (bicyclic) bond motifs is 2. The molecule has 0 aliphatic rings. The Labute approximate surface area is 254 Å². The maximum atomic E-state index is 12.1. The molecule has 4 heterocycles. The third kappa shape index (κ3) is 9.19. The van der Waals surface area contributed by atoms with Crippen molar-refractivity contribution >= 4 is 89.2 Å². The minimum absolute atomic E-state index is 0.0487. The Balaban J connectivity index is 0.000000156. The summed E-state index contributed by atoms with van der Waals surface area (Å²) in [4.78, 5) is 22.4. The number of carboxylic acid groups (broad SMARTS) is 1. The zero-order chi connectivity index (χ0) is 29.2. The summed E-state index contributed by atoms with van der Waals surface area (Å²) in [6.07, 6.45) is 4.40. The number of hydrogen-bond acceptors (Lipinski definition) is 9. The molecular weight excluding hydrogens is 593 g/mol. The molecule has 1 amide bonds. The van der Waals surface area contributed by atoms with E-state index in [-0.39, 0.29) is 24.2 Å².